The van der Waals surface area contributed by atoms with Crippen molar-refractivity contribution in [1.29, 1.82) is 0 Å². The first kappa shape index (κ1) is 30.5. The number of carbonyl (C=O) groups is 2. The highest BCUT2D eigenvalue weighted by Crippen LogP contribution is 2.46. The molecule has 4 rings (SSSR count). The summed E-state index contributed by atoms with van der Waals surface area (Å²) in [7, 11) is 0. The van der Waals surface area contributed by atoms with Crippen LogP contribution in [-0.4, -0.2) is 59.4 Å². The zero-order valence-corrected chi connectivity index (χ0v) is 24.4. The Hall–Kier alpha value is -2.02. The minimum atomic E-state index is -0.503. The molecule has 0 aromatic heterocycles. The van der Waals surface area contributed by atoms with Gasteiger partial charge in [-0.1, -0.05) is 25.3 Å². The summed E-state index contributed by atoms with van der Waals surface area (Å²) in [5, 5.41) is 3.21. The molecule has 1 N–H and O–H groups in total. The molecular formula is C31H49F2N3O2. The van der Waals surface area contributed by atoms with Crippen molar-refractivity contribution in [3.05, 3.63) is 35.4 Å². The Morgan fingerprint density at radius 1 is 0.974 bits per heavy atom. The number of amides is 2. The maximum atomic E-state index is 13.7. The van der Waals surface area contributed by atoms with Crippen LogP contribution < -0.4 is 5.32 Å². The zero-order valence-electron chi connectivity index (χ0n) is 24.4. The molecule has 0 bridgehead atoms. The van der Waals surface area contributed by atoms with E-state index >= 15 is 0 Å². The van der Waals surface area contributed by atoms with Crippen LogP contribution in [-0.2, 0) is 9.59 Å². The van der Waals surface area contributed by atoms with Crippen molar-refractivity contribution in [2.24, 2.45) is 11.3 Å². The maximum Gasteiger partial charge on any atom is 0.227 e. The quantitative estimate of drug-likeness (QED) is 0.464. The van der Waals surface area contributed by atoms with Crippen molar-refractivity contribution in [2.75, 3.05) is 26.2 Å². The summed E-state index contributed by atoms with van der Waals surface area (Å²) >= 11 is 0. The lowest BCUT2D eigenvalue weighted by molar-refractivity contribution is -0.143. The second-order valence-electron chi connectivity index (χ2n) is 13.6. The number of hydrogen-bond donors (Lipinski definition) is 1. The number of carbonyl (C=O) groups excluding carboxylic acids is 2. The monoisotopic (exact) mass is 533 g/mol. The van der Waals surface area contributed by atoms with Crippen LogP contribution in [0.5, 0.6) is 0 Å². The molecule has 0 unspecified atom stereocenters. The highest BCUT2D eigenvalue weighted by molar-refractivity contribution is 5.84. The molecule has 1 aromatic carbocycles. The van der Waals surface area contributed by atoms with Crippen molar-refractivity contribution < 1.29 is 18.4 Å². The van der Waals surface area contributed by atoms with Gasteiger partial charge in [0.15, 0.2) is 0 Å². The lowest BCUT2D eigenvalue weighted by Crippen LogP contribution is -2.56. The number of nitrogens with zero attached hydrogens (tertiary/aromatic N) is 2. The molecule has 214 valence electrons. The molecule has 7 heteroatoms. The third-order valence-corrected chi connectivity index (χ3v) is 8.71. The number of hydrogen-bond acceptors (Lipinski definition) is 3. The lowest BCUT2D eigenvalue weighted by Gasteiger charge is -2.47. The van der Waals surface area contributed by atoms with E-state index in [0.29, 0.717) is 11.5 Å². The van der Waals surface area contributed by atoms with Crippen LogP contribution in [0.25, 0.3) is 0 Å². The molecule has 1 aromatic rings. The number of nitrogens with one attached hydrogen (secondary N) is 1. The second-order valence-corrected chi connectivity index (χ2v) is 13.6. The van der Waals surface area contributed by atoms with E-state index in [9.17, 15) is 18.4 Å². The average Bonchev–Trinajstić information content (AvgIpc) is 3.35. The fourth-order valence-electron chi connectivity index (χ4n) is 6.43. The Bertz CT molecular complexity index is 939. The minimum absolute atomic E-state index is 0.116. The normalized spacial score (nSPS) is 22.9. The Labute approximate surface area is 228 Å². The fraction of sp³-hybridized carbons (Fsp3) is 0.742. The molecule has 3 fully saturated rings. The van der Waals surface area contributed by atoms with Gasteiger partial charge in [-0.05, 0) is 97.7 Å². The molecule has 1 saturated carbocycles. The highest BCUT2D eigenvalue weighted by atomic mass is 19.1. The van der Waals surface area contributed by atoms with E-state index < -0.39 is 11.6 Å². The van der Waals surface area contributed by atoms with Crippen LogP contribution in [0, 0.1) is 23.0 Å². The van der Waals surface area contributed by atoms with Crippen molar-refractivity contribution in [2.45, 2.75) is 110 Å². The molecule has 5 nitrogen and oxygen atoms in total. The number of piperidine rings is 1. The van der Waals surface area contributed by atoms with Gasteiger partial charge in [0.2, 0.25) is 12.3 Å². The summed E-state index contributed by atoms with van der Waals surface area (Å²) in [4.78, 5) is 28.1. The Kier molecular flexibility index (Phi) is 9.99. The Morgan fingerprint density at radius 3 is 2.11 bits per heavy atom. The topological polar surface area (TPSA) is 52.7 Å². The molecule has 1 atom stereocenters. The van der Waals surface area contributed by atoms with E-state index in [1.807, 2.05) is 25.7 Å². The van der Waals surface area contributed by atoms with Gasteiger partial charge in [-0.2, -0.15) is 0 Å². The van der Waals surface area contributed by atoms with Crippen LogP contribution in [0.3, 0.4) is 0 Å². The summed E-state index contributed by atoms with van der Waals surface area (Å²) < 4.78 is 26.5. The highest BCUT2D eigenvalue weighted by Gasteiger charge is 2.48. The van der Waals surface area contributed by atoms with Crippen LogP contribution >= 0.6 is 0 Å². The van der Waals surface area contributed by atoms with Gasteiger partial charge in [0.1, 0.15) is 11.6 Å². The summed E-state index contributed by atoms with van der Waals surface area (Å²) in [6, 6.07) is 3.91. The van der Waals surface area contributed by atoms with E-state index in [0.717, 1.165) is 57.9 Å². The Balaban J connectivity index is 0.000000215. The van der Waals surface area contributed by atoms with E-state index in [-0.39, 0.29) is 28.3 Å². The van der Waals surface area contributed by atoms with Gasteiger partial charge in [-0.25, -0.2) is 8.78 Å². The number of halogens is 2. The molecule has 2 saturated heterocycles. The summed E-state index contributed by atoms with van der Waals surface area (Å²) in [6.07, 6.45) is 9.62. The van der Waals surface area contributed by atoms with E-state index in [1.54, 1.807) is 6.07 Å². The van der Waals surface area contributed by atoms with Gasteiger partial charge < -0.3 is 10.2 Å². The van der Waals surface area contributed by atoms with Crippen molar-refractivity contribution >= 4 is 12.3 Å². The SMILES string of the molecule is CC(C)(C)N1CC[C@H](c2ccc(F)cc2F)C1.CC(C)(C)NC(=O)C1(C2CCCCC2)CCN(C=O)CC1. The first-order valence-corrected chi connectivity index (χ1v) is 14.5. The first-order chi connectivity index (χ1) is 17.7. The number of rotatable bonds is 4. The zero-order chi connectivity index (χ0) is 28.1. The molecule has 1 aliphatic carbocycles. The smallest absolute Gasteiger partial charge is 0.227 e. The van der Waals surface area contributed by atoms with Crippen LogP contribution in [0.15, 0.2) is 18.2 Å². The van der Waals surface area contributed by atoms with Crippen LogP contribution in [0.4, 0.5) is 8.78 Å². The fourth-order valence-corrected chi connectivity index (χ4v) is 6.43. The molecule has 2 heterocycles. The molecule has 2 aliphatic heterocycles. The molecule has 0 spiro atoms. The number of likely N-dealkylation sites (tertiary alicyclic amines) is 2. The van der Waals surface area contributed by atoms with E-state index in [2.05, 4.69) is 31.0 Å². The standard InChI is InChI=1S/C17H30N2O2.C14H19F2N/c1-16(2,3)18-15(21)17(14-7-5-4-6-8-14)9-11-19(13-20)12-10-17;1-14(2,3)17-7-6-10(9-17)12-5-4-11(15)8-13(12)16/h13-14H,4-12H2,1-3H3,(H,18,21);4-5,8,10H,6-7,9H2,1-3H3/t;10-/m.0/s1. The van der Waals surface area contributed by atoms with Gasteiger partial charge in [0.05, 0.1) is 5.41 Å². The first-order valence-electron chi connectivity index (χ1n) is 14.5. The summed E-state index contributed by atoms with van der Waals surface area (Å²) in [5.74, 6) is -0.0210. The molecule has 2 amide bonds. The molecule has 3 aliphatic rings. The van der Waals surface area contributed by atoms with Crippen molar-refractivity contribution in [1.82, 2.24) is 15.1 Å². The van der Waals surface area contributed by atoms with Crippen LogP contribution in [0.2, 0.25) is 0 Å². The van der Waals surface area contributed by atoms with Gasteiger partial charge in [-0.15, -0.1) is 0 Å². The predicted octanol–water partition coefficient (Wildman–Crippen LogP) is 6.27. The number of benzene rings is 1. The molecule has 38 heavy (non-hydrogen) atoms. The lowest BCUT2D eigenvalue weighted by atomic mass is 9.63. The minimum Gasteiger partial charge on any atom is -0.351 e. The predicted molar refractivity (Wildman–Crippen MR) is 149 cm³/mol. The molecular weight excluding hydrogens is 484 g/mol. The average molecular weight is 534 g/mol. The largest absolute Gasteiger partial charge is 0.351 e. The van der Waals surface area contributed by atoms with E-state index in [4.69, 9.17) is 0 Å². The Morgan fingerprint density at radius 2 is 1.61 bits per heavy atom. The van der Waals surface area contributed by atoms with Crippen molar-refractivity contribution in [3.63, 3.8) is 0 Å². The summed E-state index contributed by atoms with van der Waals surface area (Å²) in [5.41, 5.74) is 0.317. The van der Waals surface area contributed by atoms with Crippen molar-refractivity contribution in [3.8, 4) is 0 Å². The third kappa shape index (κ3) is 7.77. The van der Waals surface area contributed by atoms with E-state index in [1.165, 1.54) is 38.2 Å². The molecule has 0 radical (unpaired) electrons. The van der Waals surface area contributed by atoms with Gasteiger partial charge in [0.25, 0.3) is 0 Å². The summed E-state index contributed by atoms with van der Waals surface area (Å²) in [6.45, 7) is 15.9. The van der Waals surface area contributed by atoms with Gasteiger partial charge in [0, 0.05) is 42.7 Å². The second kappa shape index (κ2) is 12.4. The van der Waals surface area contributed by atoms with Gasteiger partial charge in [-0.3, -0.25) is 14.5 Å². The maximum absolute atomic E-state index is 13.7. The third-order valence-electron chi connectivity index (χ3n) is 8.71. The van der Waals surface area contributed by atoms with Crippen LogP contribution in [0.1, 0.15) is 104 Å². The van der Waals surface area contributed by atoms with Gasteiger partial charge >= 0.3 is 0 Å².